The number of nitrogens with zero attached hydrogens (tertiary/aromatic N) is 1. The number of hydrogen-bond donors (Lipinski definition) is 2. The maximum atomic E-state index is 11.6. The molecule has 104 valence electrons. The molecular formula is C14H20BrN3O. The maximum Gasteiger partial charge on any atom is 0.250 e. The molecule has 1 heterocycles. The Morgan fingerprint density at radius 3 is 2.89 bits per heavy atom. The minimum Gasteiger partial charge on any atom is -0.367 e. The van der Waals surface area contributed by atoms with Gasteiger partial charge in [0.1, 0.15) is 0 Å². The molecule has 2 rings (SSSR count). The zero-order chi connectivity index (χ0) is 14.0. The second-order valence-electron chi connectivity index (χ2n) is 5.24. The molecule has 0 saturated carbocycles. The van der Waals surface area contributed by atoms with E-state index in [0.29, 0.717) is 18.0 Å². The number of nitrogens with two attached hydrogens (primary N) is 2. The van der Waals surface area contributed by atoms with Crippen LogP contribution in [-0.2, 0) is 0 Å². The van der Waals surface area contributed by atoms with Crippen molar-refractivity contribution < 1.29 is 4.79 Å². The zero-order valence-electron chi connectivity index (χ0n) is 11.1. The van der Waals surface area contributed by atoms with Crippen LogP contribution in [0.1, 0.15) is 30.1 Å². The maximum absolute atomic E-state index is 11.6. The van der Waals surface area contributed by atoms with E-state index >= 15 is 0 Å². The summed E-state index contributed by atoms with van der Waals surface area (Å²) in [6, 6.07) is 5.95. The Kier molecular flexibility index (Phi) is 4.47. The molecule has 19 heavy (non-hydrogen) atoms. The predicted octanol–water partition coefficient (Wildman–Crippen LogP) is 2.11. The van der Waals surface area contributed by atoms with Crippen molar-refractivity contribution in [3.05, 3.63) is 28.2 Å². The topological polar surface area (TPSA) is 72.3 Å². The van der Waals surface area contributed by atoms with E-state index in [1.807, 2.05) is 12.1 Å². The molecule has 0 aromatic heterocycles. The highest BCUT2D eigenvalue weighted by molar-refractivity contribution is 9.10. The third-order valence-corrected chi connectivity index (χ3v) is 4.28. The van der Waals surface area contributed by atoms with Crippen molar-refractivity contribution in [2.45, 2.75) is 25.8 Å². The average Bonchev–Trinajstić information content (AvgIpc) is 2.38. The van der Waals surface area contributed by atoms with E-state index in [4.69, 9.17) is 11.5 Å². The standard InChI is InChI=1S/C14H20BrN3O/c1-9-4-5-18(11(6-9)8-16)13-3-2-10(15)7-12(13)14(17)19/h2-3,7,9,11H,4-6,8,16H2,1H3,(H2,17,19). The molecule has 2 atom stereocenters. The summed E-state index contributed by atoms with van der Waals surface area (Å²) in [4.78, 5) is 13.8. The number of piperidine rings is 1. The van der Waals surface area contributed by atoms with Crippen LogP contribution in [0.2, 0.25) is 0 Å². The molecule has 1 aliphatic heterocycles. The van der Waals surface area contributed by atoms with Crippen LogP contribution in [0.15, 0.2) is 22.7 Å². The Morgan fingerprint density at radius 1 is 1.53 bits per heavy atom. The number of hydrogen-bond acceptors (Lipinski definition) is 3. The second-order valence-corrected chi connectivity index (χ2v) is 6.15. The first-order valence-electron chi connectivity index (χ1n) is 6.59. The van der Waals surface area contributed by atoms with Crippen molar-refractivity contribution in [2.75, 3.05) is 18.0 Å². The van der Waals surface area contributed by atoms with Gasteiger partial charge in [-0.05, 0) is 37.0 Å². The molecule has 1 saturated heterocycles. The molecule has 0 spiro atoms. The third kappa shape index (κ3) is 3.09. The van der Waals surface area contributed by atoms with Crippen LogP contribution in [0, 0.1) is 5.92 Å². The monoisotopic (exact) mass is 325 g/mol. The molecule has 1 aromatic rings. The highest BCUT2D eigenvalue weighted by Gasteiger charge is 2.27. The van der Waals surface area contributed by atoms with E-state index in [1.165, 1.54) is 0 Å². The second kappa shape index (κ2) is 5.92. The number of anilines is 1. The first-order valence-corrected chi connectivity index (χ1v) is 7.38. The lowest BCUT2D eigenvalue weighted by Crippen LogP contribution is -2.47. The van der Waals surface area contributed by atoms with Crippen molar-refractivity contribution in [3.8, 4) is 0 Å². The summed E-state index contributed by atoms with van der Waals surface area (Å²) in [5.41, 5.74) is 12.8. The molecule has 2 unspecified atom stereocenters. The normalized spacial score (nSPS) is 23.4. The fourth-order valence-corrected chi connectivity index (χ4v) is 3.11. The Morgan fingerprint density at radius 2 is 2.26 bits per heavy atom. The van der Waals surface area contributed by atoms with Crippen molar-refractivity contribution in [2.24, 2.45) is 17.4 Å². The lowest BCUT2D eigenvalue weighted by atomic mass is 9.91. The molecule has 1 amide bonds. The van der Waals surface area contributed by atoms with Gasteiger partial charge in [0.15, 0.2) is 0 Å². The van der Waals surface area contributed by atoms with E-state index in [0.717, 1.165) is 29.5 Å². The summed E-state index contributed by atoms with van der Waals surface area (Å²) < 4.78 is 0.861. The number of carbonyl (C=O) groups excluding carboxylic acids is 1. The Bertz CT molecular complexity index is 478. The van der Waals surface area contributed by atoms with Gasteiger partial charge in [0, 0.05) is 29.3 Å². The van der Waals surface area contributed by atoms with Gasteiger partial charge in [0.25, 0.3) is 5.91 Å². The minimum atomic E-state index is -0.398. The van der Waals surface area contributed by atoms with E-state index in [2.05, 4.69) is 27.8 Å². The summed E-state index contributed by atoms with van der Waals surface area (Å²) in [7, 11) is 0. The van der Waals surface area contributed by atoms with E-state index < -0.39 is 5.91 Å². The van der Waals surface area contributed by atoms with Gasteiger partial charge in [-0.25, -0.2) is 0 Å². The smallest absolute Gasteiger partial charge is 0.250 e. The van der Waals surface area contributed by atoms with Crippen LogP contribution in [0.25, 0.3) is 0 Å². The minimum absolute atomic E-state index is 0.281. The number of carbonyl (C=O) groups is 1. The first kappa shape index (κ1) is 14.3. The van der Waals surface area contributed by atoms with Crippen LogP contribution in [0.3, 0.4) is 0 Å². The molecule has 0 bridgehead atoms. The number of rotatable bonds is 3. The van der Waals surface area contributed by atoms with Crippen LogP contribution in [0.4, 0.5) is 5.69 Å². The number of primary amides is 1. The van der Waals surface area contributed by atoms with Gasteiger partial charge in [-0.15, -0.1) is 0 Å². The fourth-order valence-electron chi connectivity index (χ4n) is 2.75. The van der Waals surface area contributed by atoms with Crippen LogP contribution < -0.4 is 16.4 Å². The van der Waals surface area contributed by atoms with Crippen LogP contribution in [0.5, 0.6) is 0 Å². The molecule has 4 nitrogen and oxygen atoms in total. The molecule has 4 N–H and O–H groups in total. The molecule has 1 fully saturated rings. The average molecular weight is 326 g/mol. The molecule has 0 aliphatic carbocycles. The van der Waals surface area contributed by atoms with Crippen molar-refractivity contribution in [3.63, 3.8) is 0 Å². The summed E-state index contributed by atoms with van der Waals surface area (Å²) in [6.45, 7) is 3.76. The van der Waals surface area contributed by atoms with Gasteiger partial charge in [0.05, 0.1) is 5.56 Å². The summed E-state index contributed by atoms with van der Waals surface area (Å²) in [5, 5.41) is 0. The van der Waals surface area contributed by atoms with Gasteiger partial charge in [-0.1, -0.05) is 22.9 Å². The highest BCUT2D eigenvalue weighted by atomic mass is 79.9. The quantitative estimate of drug-likeness (QED) is 0.894. The molecular weight excluding hydrogens is 306 g/mol. The molecule has 0 radical (unpaired) electrons. The first-order chi connectivity index (χ1) is 9.02. The fraction of sp³-hybridized carbons (Fsp3) is 0.500. The van der Waals surface area contributed by atoms with E-state index in [1.54, 1.807) is 6.07 Å². The van der Waals surface area contributed by atoms with Gasteiger partial charge in [-0.2, -0.15) is 0 Å². The molecule has 5 heteroatoms. The molecule has 1 aliphatic rings. The van der Waals surface area contributed by atoms with Gasteiger partial charge < -0.3 is 16.4 Å². The van der Waals surface area contributed by atoms with Gasteiger partial charge >= 0.3 is 0 Å². The zero-order valence-corrected chi connectivity index (χ0v) is 12.7. The van der Waals surface area contributed by atoms with Crippen LogP contribution in [-0.4, -0.2) is 25.0 Å². The lowest BCUT2D eigenvalue weighted by molar-refractivity contribution is 0.100. The van der Waals surface area contributed by atoms with Gasteiger partial charge in [0.2, 0.25) is 0 Å². The Hall–Kier alpha value is -1.07. The number of halogens is 1. The van der Waals surface area contributed by atoms with Gasteiger partial charge in [-0.3, -0.25) is 4.79 Å². The molecule has 1 aromatic carbocycles. The van der Waals surface area contributed by atoms with Crippen LogP contribution >= 0.6 is 15.9 Å². The van der Waals surface area contributed by atoms with Crippen molar-refractivity contribution in [1.82, 2.24) is 0 Å². The summed E-state index contributed by atoms with van der Waals surface area (Å²) in [6.07, 6.45) is 2.18. The number of benzene rings is 1. The van der Waals surface area contributed by atoms with E-state index in [9.17, 15) is 4.79 Å². The summed E-state index contributed by atoms with van der Waals surface area (Å²) >= 11 is 3.38. The summed E-state index contributed by atoms with van der Waals surface area (Å²) in [5.74, 6) is 0.281. The lowest BCUT2D eigenvalue weighted by Gasteiger charge is -2.40. The predicted molar refractivity (Wildman–Crippen MR) is 81.2 cm³/mol. The highest BCUT2D eigenvalue weighted by Crippen LogP contribution is 2.31. The Balaban J connectivity index is 2.37. The van der Waals surface area contributed by atoms with Crippen molar-refractivity contribution in [1.29, 1.82) is 0 Å². The number of amides is 1. The van der Waals surface area contributed by atoms with Crippen molar-refractivity contribution >= 4 is 27.5 Å². The largest absolute Gasteiger partial charge is 0.367 e. The SMILES string of the molecule is CC1CCN(c2ccc(Br)cc2C(N)=O)C(CN)C1. The van der Waals surface area contributed by atoms with E-state index in [-0.39, 0.29) is 6.04 Å². The Labute approximate surface area is 122 Å². The third-order valence-electron chi connectivity index (χ3n) is 3.78.